The van der Waals surface area contributed by atoms with Gasteiger partial charge in [0.1, 0.15) is 11.6 Å². The summed E-state index contributed by atoms with van der Waals surface area (Å²) in [7, 11) is 0. The predicted molar refractivity (Wildman–Crippen MR) is 80.2 cm³/mol. The Hall–Kier alpha value is -2.27. The summed E-state index contributed by atoms with van der Waals surface area (Å²) in [6.45, 7) is 0.388. The molecular formula is C15H14ClFN2O2. The number of aromatic hydroxyl groups is 1. The fraction of sp³-hybridized carbons (Fsp3) is 0.133. The van der Waals surface area contributed by atoms with Gasteiger partial charge in [0.25, 0.3) is 0 Å². The highest BCUT2D eigenvalue weighted by atomic mass is 35.5. The number of halogens is 2. The second-order valence-electron chi connectivity index (χ2n) is 4.42. The maximum atomic E-state index is 12.7. The van der Waals surface area contributed by atoms with E-state index in [1.165, 1.54) is 30.3 Å². The number of amides is 2. The second-order valence-corrected chi connectivity index (χ2v) is 4.86. The number of hydrogen-bond acceptors (Lipinski definition) is 2. The molecule has 2 aromatic rings. The Morgan fingerprint density at radius 2 is 1.90 bits per heavy atom. The molecule has 0 heterocycles. The Labute approximate surface area is 126 Å². The highest BCUT2D eigenvalue weighted by molar-refractivity contribution is 6.31. The van der Waals surface area contributed by atoms with Gasteiger partial charge in [0, 0.05) is 11.6 Å². The van der Waals surface area contributed by atoms with E-state index >= 15 is 0 Å². The molecule has 2 amide bonds. The zero-order valence-corrected chi connectivity index (χ0v) is 11.8. The van der Waals surface area contributed by atoms with Crippen molar-refractivity contribution in [2.45, 2.75) is 6.42 Å². The predicted octanol–water partition coefficient (Wildman–Crippen LogP) is 3.55. The number of urea groups is 1. The van der Waals surface area contributed by atoms with Crippen molar-refractivity contribution in [3.05, 3.63) is 58.9 Å². The van der Waals surface area contributed by atoms with Gasteiger partial charge in [-0.2, -0.15) is 0 Å². The van der Waals surface area contributed by atoms with Gasteiger partial charge >= 0.3 is 6.03 Å². The first-order valence-corrected chi connectivity index (χ1v) is 6.70. The summed E-state index contributed by atoms with van der Waals surface area (Å²) in [6.07, 6.45) is 0.579. The molecule has 2 rings (SSSR count). The molecule has 2 aromatic carbocycles. The zero-order chi connectivity index (χ0) is 15.2. The first-order valence-electron chi connectivity index (χ1n) is 6.32. The minimum Gasteiger partial charge on any atom is -0.506 e. The highest BCUT2D eigenvalue weighted by Gasteiger charge is 2.06. The lowest BCUT2D eigenvalue weighted by molar-refractivity contribution is 0.252. The molecule has 6 heteroatoms. The number of carbonyl (C=O) groups excluding carboxylic acids is 1. The van der Waals surface area contributed by atoms with Gasteiger partial charge in [0.15, 0.2) is 0 Å². The molecule has 0 aliphatic rings. The average Bonchev–Trinajstić information content (AvgIpc) is 2.45. The van der Waals surface area contributed by atoms with Crippen LogP contribution in [0, 0.1) is 5.82 Å². The van der Waals surface area contributed by atoms with Gasteiger partial charge < -0.3 is 15.7 Å². The summed E-state index contributed by atoms with van der Waals surface area (Å²) >= 11 is 5.78. The molecule has 110 valence electrons. The smallest absolute Gasteiger partial charge is 0.319 e. The molecule has 0 aliphatic heterocycles. The van der Waals surface area contributed by atoms with Crippen LogP contribution in [-0.4, -0.2) is 17.7 Å². The Balaban J connectivity index is 1.82. The molecule has 0 saturated heterocycles. The van der Waals surface area contributed by atoms with Crippen molar-refractivity contribution in [1.82, 2.24) is 5.32 Å². The number of nitrogens with one attached hydrogen (secondary N) is 2. The topological polar surface area (TPSA) is 61.4 Å². The van der Waals surface area contributed by atoms with Crippen molar-refractivity contribution >= 4 is 23.3 Å². The van der Waals surface area contributed by atoms with Crippen LogP contribution in [0.3, 0.4) is 0 Å². The monoisotopic (exact) mass is 308 g/mol. The van der Waals surface area contributed by atoms with Crippen LogP contribution in [0.25, 0.3) is 0 Å². The molecule has 0 aliphatic carbocycles. The van der Waals surface area contributed by atoms with Gasteiger partial charge in [-0.05, 0) is 42.3 Å². The zero-order valence-electron chi connectivity index (χ0n) is 11.1. The van der Waals surface area contributed by atoms with Crippen LogP contribution < -0.4 is 10.6 Å². The molecule has 0 radical (unpaired) electrons. The summed E-state index contributed by atoms with van der Waals surface area (Å²) in [4.78, 5) is 11.7. The van der Waals surface area contributed by atoms with E-state index in [0.717, 1.165) is 5.56 Å². The molecule has 0 spiro atoms. The maximum Gasteiger partial charge on any atom is 0.319 e. The lowest BCUT2D eigenvalue weighted by atomic mass is 10.1. The maximum absolute atomic E-state index is 12.7. The summed E-state index contributed by atoms with van der Waals surface area (Å²) in [6, 6.07) is 10.0. The first-order chi connectivity index (χ1) is 10.0. The van der Waals surface area contributed by atoms with Crippen molar-refractivity contribution in [3.8, 4) is 5.75 Å². The van der Waals surface area contributed by atoms with E-state index in [4.69, 9.17) is 11.6 Å². The molecule has 0 saturated carbocycles. The summed E-state index contributed by atoms with van der Waals surface area (Å²) < 4.78 is 12.7. The number of benzene rings is 2. The number of phenols is 1. The van der Waals surface area contributed by atoms with Gasteiger partial charge in [-0.3, -0.25) is 0 Å². The van der Waals surface area contributed by atoms with Crippen molar-refractivity contribution in [1.29, 1.82) is 0 Å². The largest absolute Gasteiger partial charge is 0.506 e. The van der Waals surface area contributed by atoms with E-state index in [9.17, 15) is 14.3 Å². The van der Waals surface area contributed by atoms with Gasteiger partial charge in [0.2, 0.25) is 0 Å². The van der Waals surface area contributed by atoms with Crippen LogP contribution in [0.4, 0.5) is 14.9 Å². The summed E-state index contributed by atoms with van der Waals surface area (Å²) in [5, 5.41) is 15.1. The molecule has 3 N–H and O–H groups in total. The van der Waals surface area contributed by atoms with E-state index < -0.39 is 6.03 Å². The standard InChI is InChI=1S/C15H14ClFN2O2/c16-11-3-6-14(20)13(9-11)19-15(21)18-8-7-10-1-4-12(17)5-2-10/h1-6,9,20H,7-8H2,(H2,18,19,21). The number of rotatable bonds is 4. The molecule has 0 unspecified atom stereocenters. The van der Waals surface area contributed by atoms with Crippen LogP contribution in [-0.2, 0) is 6.42 Å². The van der Waals surface area contributed by atoms with Crippen molar-refractivity contribution in [2.24, 2.45) is 0 Å². The Kier molecular flexibility index (Phi) is 5.00. The van der Waals surface area contributed by atoms with Crippen LogP contribution in [0.1, 0.15) is 5.56 Å². The van der Waals surface area contributed by atoms with Crippen LogP contribution in [0.5, 0.6) is 5.75 Å². The molecule has 0 aromatic heterocycles. The fourth-order valence-corrected chi connectivity index (χ4v) is 1.92. The van der Waals surface area contributed by atoms with Crippen LogP contribution >= 0.6 is 11.6 Å². The Bertz CT molecular complexity index is 632. The number of anilines is 1. The Morgan fingerprint density at radius 3 is 2.62 bits per heavy atom. The molecule has 0 atom stereocenters. The number of phenolic OH excluding ortho intramolecular Hbond substituents is 1. The summed E-state index contributed by atoms with van der Waals surface area (Å²) in [5.74, 6) is -0.353. The van der Waals surface area contributed by atoms with E-state index in [0.29, 0.717) is 18.0 Å². The van der Waals surface area contributed by atoms with Crippen LogP contribution in [0.2, 0.25) is 5.02 Å². The van der Waals surface area contributed by atoms with Crippen molar-refractivity contribution in [3.63, 3.8) is 0 Å². The number of carbonyl (C=O) groups is 1. The van der Waals surface area contributed by atoms with Gasteiger partial charge in [-0.25, -0.2) is 9.18 Å². The van der Waals surface area contributed by atoms with E-state index in [2.05, 4.69) is 10.6 Å². The Morgan fingerprint density at radius 1 is 1.19 bits per heavy atom. The first kappa shape index (κ1) is 15.1. The molecule has 4 nitrogen and oxygen atoms in total. The van der Waals surface area contributed by atoms with Crippen molar-refractivity contribution in [2.75, 3.05) is 11.9 Å². The minimum absolute atomic E-state index is 0.0620. The van der Waals surface area contributed by atoms with Crippen LogP contribution in [0.15, 0.2) is 42.5 Å². The van der Waals surface area contributed by atoms with Gasteiger partial charge in [-0.1, -0.05) is 23.7 Å². The lowest BCUT2D eigenvalue weighted by Crippen LogP contribution is -2.30. The lowest BCUT2D eigenvalue weighted by Gasteiger charge is -2.09. The van der Waals surface area contributed by atoms with E-state index in [-0.39, 0.29) is 17.3 Å². The van der Waals surface area contributed by atoms with Gasteiger partial charge in [-0.15, -0.1) is 0 Å². The van der Waals surface area contributed by atoms with Gasteiger partial charge in [0.05, 0.1) is 5.69 Å². The minimum atomic E-state index is -0.449. The highest BCUT2D eigenvalue weighted by Crippen LogP contribution is 2.26. The van der Waals surface area contributed by atoms with Crippen molar-refractivity contribution < 1.29 is 14.3 Å². The third-order valence-electron chi connectivity index (χ3n) is 2.82. The summed E-state index contributed by atoms with van der Waals surface area (Å²) in [5.41, 5.74) is 1.16. The fourth-order valence-electron chi connectivity index (χ4n) is 1.75. The quantitative estimate of drug-likeness (QED) is 0.756. The normalized spacial score (nSPS) is 10.2. The SMILES string of the molecule is O=C(NCCc1ccc(F)cc1)Nc1cc(Cl)ccc1O. The molecule has 0 bridgehead atoms. The molecular weight excluding hydrogens is 295 g/mol. The van der Waals surface area contributed by atoms with E-state index in [1.54, 1.807) is 12.1 Å². The second kappa shape index (κ2) is 6.95. The third-order valence-corrected chi connectivity index (χ3v) is 3.05. The van der Waals surface area contributed by atoms with E-state index in [1.807, 2.05) is 0 Å². The average molecular weight is 309 g/mol. The molecule has 0 fully saturated rings. The number of hydrogen-bond donors (Lipinski definition) is 3. The molecule has 21 heavy (non-hydrogen) atoms. The third kappa shape index (κ3) is 4.65.